The summed E-state index contributed by atoms with van der Waals surface area (Å²) < 4.78 is 70.0. The van der Waals surface area contributed by atoms with Gasteiger partial charge in [0.25, 0.3) is 0 Å². The molecule has 2 unspecified atom stereocenters. The summed E-state index contributed by atoms with van der Waals surface area (Å²) in [6, 6.07) is 12.7. The molecule has 2 atom stereocenters. The lowest BCUT2D eigenvalue weighted by atomic mass is 10.1. The topological polar surface area (TPSA) is 108 Å². The van der Waals surface area contributed by atoms with Crippen molar-refractivity contribution in [1.29, 1.82) is 0 Å². The number of ether oxygens (including phenoxy) is 5. The molecule has 1 aliphatic rings. The molecule has 0 aromatic heterocycles. The highest BCUT2D eigenvalue weighted by atomic mass is 16.7. The van der Waals surface area contributed by atoms with E-state index in [9.17, 15) is 5.11 Å². The van der Waals surface area contributed by atoms with Gasteiger partial charge in [-0.1, -0.05) is 24.3 Å². The Bertz CT molecular complexity index is 953. The second kappa shape index (κ2) is 15.6. The van der Waals surface area contributed by atoms with E-state index in [4.69, 9.17) is 31.9 Å². The van der Waals surface area contributed by atoms with Gasteiger partial charge in [-0.3, -0.25) is 0 Å². The van der Waals surface area contributed by atoms with E-state index in [0.717, 1.165) is 0 Å². The fourth-order valence-electron chi connectivity index (χ4n) is 2.05. The predicted molar refractivity (Wildman–Crippen MR) is 116 cm³/mol. The maximum absolute atomic E-state index is 10.0. The van der Waals surface area contributed by atoms with Crippen molar-refractivity contribution in [2.75, 3.05) is 55.0 Å². The van der Waals surface area contributed by atoms with Gasteiger partial charge in [0.1, 0.15) is 17.6 Å². The maximum atomic E-state index is 10.0. The average Bonchev–Trinajstić information content (AvgIpc) is 3.41. The van der Waals surface area contributed by atoms with Crippen LogP contribution in [0.15, 0.2) is 48.5 Å². The summed E-state index contributed by atoms with van der Waals surface area (Å²) in [7, 11) is 5.83. The number of hydrogen-bond donors (Lipinski definition) is 3. The Morgan fingerprint density at radius 3 is 2.30 bits per heavy atom. The summed E-state index contributed by atoms with van der Waals surface area (Å²) in [6.45, 7) is -4.05. The van der Waals surface area contributed by atoms with E-state index in [1.54, 1.807) is 36.4 Å². The molecule has 2 aromatic carbocycles. The van der Waals surface area contributed by atoms with Crippen molar-refractivity contribution in [3.63, 3.8) is 0 Å². The van der Waals surface area contributed by atoms with Gasteiger partial charge in [0.2, 0.25) is 0 Å². The number of methoxy groups -OCH3 is 2. The van der Waals surface area contributed by atoms with Crippen LogP contribution < -0.4 is 20.5 Å². The average molecular weight is 429 g/mol. The molecule has 0 amide bonds. The first-order valence-electron chi connectivity index (χ1n) is 12.0. The lowest BCUT2D eigenvalue weighted by molar-refractivity contribution is 0.0507. The van der Waals surface area contributed by atoms with Crippen LogP contribution in [0.2, 0.25) is 0 Å². The van der Waals surface area contributed by atoms with E-state index in [0.29, 0.717) is 17.1 Å². The first-order chi connectivity index (χ1) is 16.8. The van der Waals surface area contributed by atoms with Crippen LogP contribution in [0.5, 0.6) is 11.5 Å². The summed E-state index contributed by atoms with van der Waals surface area (Å²) in [4.78, 5) is 0. The number of likely N-dealkylation sites (N-methyl/N-ethyl adjacent to an activating group) is 1. The minimum atomic E-state index is -2.42. The van der Waals surface area contributed by atoms with Crippen molar-refractivity contribution in [3.05, 3.63) is 59.7 Å². The van der Waals surface area contributed by atoms with Gasteiger partial charge < -0.3 is 39.8 Å². The van der Waals surface area contributed by atoms with E-state index >= 15 is 0 Å². The molecule has 1 heterocycles. The molecule has 0 aliphatic carbocycles. The molecule has 168 valence electrons. The van der Waals surface area contributed by atoms with Crippen LogP contribution in [-0.4, -0.2) is 60.1 Å². The number of nitrogens with two attached hydrogens (primary N) is 1. The van der Waals surface area contributed by atoms with E-state index in [1.165, 1.54) is 40.4 Å². The predicted octanol–water partition coefficient (Wildman–Crippen LogP) is 2.24. The Morgan fingerprint density at radius 1 is 1.20 bits per heavy atom. The lowest BCUT2D eigenvalue weighted by Gasteiger charge is -2.12. The highest BCUT2D eigenvalue weighted by molar-refractivity contribution is 5.31. The Hall–Kier alpha value is -2.20. The Kier molecular flexibility index (Phi) is 9.10. The van der Waals surface area contributed by atoms with Crippen LogP contribution in [0.1, 0.15) is 31.5 Å². The third kappa shape index (κ3) is 10.0. The summed E-state index contributed by atoms with van der Waals surface area (Å²) in [6.07, 6.45) is -4.03. The van der Waals surface area contributed by atoms with Crippen molar-refractivity contribution >= 4 is 0 Å². The molecule has 0 saturated carbocycles. The van der Waals surface area contributed by atoms with Crippen LogP contribution in [0.25, 0.3) is 0 Å². The van der Waals surface area contributed by atoms with Crippen molar-refractivity contribution in [1.82, 2.24) is 5.32 Å². The maximum Gasteiger partial charge on any atom is 0.188 e. The normalized spacial score (nSPS) is 23.7. The molecular formula is C22H34N2O6. The molecule has 0 radical (unpaired) electrons. The summed E-state index contributed by atoms with van der Waals surface area (Å²) in [5.74, 6) is 0.921. The number of rotatable bonds is 10. The smallest absolute Gasteiger partial charge is 0.188 e. The monoisotopic (exact) mass is 428 g/mol. The molecule has 0 spiro atoms. The quantitative estimate of drug-likeness (QED) is 0.391. The molecule has 8 heteroatoms. The van der Waals surface area contributed by atoms with Crippen LogP contribution in [0.3, 0.4) is 0 Å². The van der Waals surface area contributed by atoms with Gasteiger partial charge in [0.05, 0.1) is 18.1 Å². The minimum absolute atomic E-state index is 0.0405. The summed E-state index contributed by atoms with van der Waals surface area (Å²) in [5.41, 5.74) is 5.03. The number of benzene rings is 2. The minimum Gasteiger partial charge on any atom is -0.468 e. The van der Waals surface area contributed by atoms with Gasteiger partial charge >= 0.3 is 0 Å². The first-order valence-corrected chi connectivity index (χ1v) is 8.98. The van der Waals surface area contributed by atoms with Gasteiger partial charge in [-0.05, 0) is 49.5 Å². The van der Waals surface area contributed by atoms with Crippen LogP contribution >= 0.6 is 0 Å². The number of hydrogen-bond acceptors (Lipinski definition) is 8. The van der Waals surface area contributed by atoms with Crippen molar-refractivity contribution in [2.45, 2.75) is 12.2 Å². The SMILES string of the molecule is CN.[2H]C([2H])(NC)C([2H])(O)c1cccc(OCOC)c1.[2H]C1([2H])OC1([2H])c1cccc(OCOC)c1. The highest BCUT2D eigenvalue weighted by Gasteiger charge is 2.24. The van der Waals surface area contributed by atoms with E-state index in [1.807, 2.05) is 0 Å². The molecule has 2 aromatic rings. The zero-order valence-corrected chi connectivity index (χ0v) is 17.6. The molecule has 0 bridgehead atoms. The molecule has 4 N–H and O–H groups in total. The molecule has 1 saturated heterocycles. The van der Waals surface area contributed by atoms with E-state index < -0.39 is 25.2 Å². The molecule has 8 nitrogen and oxygen atoms in total. The Balaban J connectivity index is 0.000000338. The Morgan fingerprint density at radius 2 is 1.77 bits per heavy atom. The molecule has 3 rings (SSSR count). The fraction of sp³-hybridized carbons (Fsp3) is 0.455. The fourth-order valence-corrected chi connectivity index (χ4v) is 2.05. The zero-order chi connectivity index (χ0) is 27.6. The Labute approximate surface area is 187 Å². The van der Waals surface area contributed by atoms with Crippen LogP contribution in [0, 0.1) is 0 Å². The first kappa shape index (κ1) is 17.5. The van der Waals surface area contributed by atoms with Gasteiger partial charge in [0, 0.05) is 23.5 Å². The van der Waals surface area contributed by atoms with Crippen LogP contribution in [-0.2, 0) is 14.2 Å². The van der Waals surface area contributed by atoms with Gasteiger partial charge in [-0.2, -0.15) is 0 Å². The summed E-state index contributed by atoms with van der Waals surface area (Å²) >= 11 is 0. The summed E-state index contributed by atoms with van der Waals surface area (Å²) in [5, 5.41) is 12.3. The molecule has 30 heavy (non-hydrogen) atoms. The number of epoxide rings is 1. The molecule has 1 fully saturated rings. The third-order valence-corrected chi connectivity index (χ3v) is 3.34. The van der Waals surface area contributed by atoms with Crippen molar-refractivity contribution < 1.29 is 37.0 Å². The van der Waals surface area contributed by atoms with Crippen molar-refractivity contribution in [3.8, 4) is 11.5 Å². The highest BCUT2D eigenvalue weighted by Crippen LogP contribution is 2.31. The van der Waals surface area contributed by atoms with Gasteiger partial charge in [0.15, 0.2) is 13.6 Å². The van der Waals surface area contributed by atoms with Gasteiger partial charge in [-0.25, -0.2) is 0 Å². The number of aliphatic hydroxyl groups is 1. The van der Waals surface area contributed by atoms with Gasteiger partial charge in [-0.15, -0.1) is 0 Å². The van der Waals surface area contributed by atoms with E-state index in [-0.39, 0.29) is 19.1 Å². The standard InChI is InChI=1S/C11H17NO3.C10H12O3.CH5N/c1-12-7-11(13)9-4-3-5-10(6-9)15-8-14-2;1-11-7-13-9-4-2-3-8(5-9)10-6-12-10;1-2/h3-6,11-13H,7-8H2,1-2H3;2-5,10H,6-7H2,1H3;2H2,1H3/i7D2,11D;6D2,10D;. The second-order valence-corrected chi connectivity index (χ2v) is 5.41. The van der Waals surface area contributed by atoms with E-state index in [2.05, 4.69) is 11.1 Å². The zero-order valence-electron chi connectivity index (χ0n) is 23.6. The van der Waals surface area contributed by atoms with Crippen molar-refractivity contribution in [2.24, 2.45) is 5.73 Å². The van der Waals surface area contributed by atoms with Crippen LogP contribution in [0.4, 0.5) is 0 Å². The third-order valence-electron chi connectivity index (χ3n) is 3.34. The number of nitrogens with one attached hydrogen (secondary N) is 1. The lowest BCUT2D eigenvalue weighted by Crippen LogP contribution is -2.16. The second-order valence-electron chi connectivity index (χ2n) is 5.41. The molecular weight excluding hydrogens is 388 g/mol. The largest absolute Gasteiger partial charge is 0.468 e. The molecule has 1 aliphatic heterocycles.